The van der Waals surface area contributed by atoms with Gasteiger partial charge in [-0.2, -0.15) is 0 Å². The van der Waals surface area contributed by atoms with Gasteiger partial charge in [0.1, 0.15) is 0 Å². The molecular formula is C13H29OP. The predicted molar refractivity (Wildman–Crippen MR) is 71.5 cm³/mol. The van der Waals surface area contributed by atoms with Gasteiger partial charge in [-0.05, 0) is 12.8 Å². The van der Waals surface area contributed by atoms with E-state index in [0.29, 0.717) is 11.3 Å². The molecule has 0 heterocycles. The average Bonchev–Trinajstić information content (AvgIpc) is 2.22. The SMILES string of the molecule is CCCCCC[P@@](=O)(C(C)C)C(C)CC. The zero-order valence-corrected chi connectivity index (χ0v) is 12.1. The molecule has 0 N–H and O–H groups in total. The second kappa shape index (κ2) is 7.49. The Morgan fingerprint density at radius 1 is 1.00 bits per heavy atom. The summed E-state index contributed by atoms with van der Waals surface area (Å²) in [5, 5.41) is 0. The van der Waals surface area contributed by atoms with Gasteiger partial charge in [-0.1, -0.05) is 53.9 Å². The summed E-state index contributed by atoms with van der Waals surface area (Å²) >= 11 is 0. The first kappa shape index (κ1) is 15.2. The molecule has 0 amide bonds. The number of rotatable bonds is 8. The molecule has 0 saturated heterocycles. The van der Waals surface area contributed by atoms with Crippen LogP contribution in [0, 0.1) is 0 Å². The van der Waals surface area contributed by atoms with Crippen molar-refractivity contribution in [3.8, 4) is 0 Å². The summed E-state index contributed by atoms with van der Waals surface area (Å²) in [6.45, 7) is 10.8. The van der Waals surface area contributed by atoms with E-state index in [1.54, 1.807) is 0 Å². The van der Waals surface area contributed by atoms with Gasteiger partial charge >= 0.3 is 0 Å². The van der Waals surface area contributed by atoms with E-state index in [2.05, 4.69) is 34.6 Å². The lowest BCUT2D eigenvalue weighted by atomic mass is 10.2. The molecule has 0 spiro atoms. The highest BCUT2D eigenvalue weighted by atomic mass is 31.2. The van der Waals surface area contributed by atoms with E-state index < -0.39 is 7.14 Å². The van der Waals surface area contributed by atoms with Gasteiger partial charge in [0.2, 0.25) is 0 Å². The van der Waals surface area contributed by atoms with Gasteiger partial charge in [-0.15, -0.1) is 0 Å². The Labute approximate surface area is 96.4 Å². The Kier molecular flexibility index (Phi) is 7.61. The van der Waals surface area contributed by atoms with E-state index in [4.69, 9.17) is 0 Å². The van der Waals surface area contributed by atoms with Crippen molar-refractivity contribution in [3.63, 3.8) is 0 Å². The highest BCUT2D eigenvalue weighted by molar-refractivity contribution is 7.65. The summed E-state index contributed by atoms with van der Waals surface area (Å²) < 4.78 is 12.8. The van der Waals surface area contributed by atoms with E-state index in [-0.39, 0.29) is 0 Å². The molecule has 1 nitrogen and oxygen atoms in total. The van der Waals surface area contributed by atoms with E-state index in [0.717, 1.165) is 19.0 Å². The molecule has 0 fully saturated rings. The van der Waals surface area contributed by atoms with Crippen molar-refractivity contribution >= 4 is 7.14 Å². The van der Waals surface area contributed by atoms with E-state index in [1.807, 2.05) is 0 Å². The van der Waals surface area contributed by atoms with Gasteiger partial charge in [-0.3, -0.25) is 0 Å². The van der Waals surface area contributed by atoms with Crippen LogP contribution in [0.1, 0.15) is 66.7 Å². The van der Waals surface area contributed by atoms with Gasteiger partial charge in [0.15, 0.2) is 0 Å². The van der Waals surface area contributed by atoms with Crippen molar-refractivity contribution in [2.75, 3.05) is 6.16 Å². The Morgan fingerprint density at radius 2 is 1.60 bits per heavy atom. The first-order chi connectivity index (χ1) is 6.99. The monoisotopic (exact) mass is 232 g/mol. The molecule has 0 aliphatic heterocycles. The van der Waals surface area contributed by atoms with Crippen molar-refractivity contribution in [2.45, 2.75) is 78.0 Å². The van der Waals surface area contributed by atoms with Crippen molar-refractivity contribution in [2.24, 2.45) is 0 Å². The quantitative estimate of drug-likeness (QED) is 0.418. The molecule has 0 rings (SSSR count). The molecule has 0 aromatic heterocycles. The summed E-state index contributed by atoms with van der Waals surface area (Å²) in [6.07, 6.45) is 6.99. The van der Waals surface area contributed by atoms with Crippen LogP contribution >= 0.6 is 7.14 Å². The lowest BCUT2D eigenvalue weighted by Gasteiger charge is -2.27. The normalized spacial score (nSPS) is 17.7. The Balaban J connectivity index is 4.21. The van der Waals surface area contributed by atoms with Crippen molar-refractivity contribution in [1.29, 1.82) is 0 Å². The molecule has 2 atom stereocenters. The molecule has 0 radical (unpaired) electrons. The maximum atomic E-state index is 12.8. The molecular weight excluding hydrogens is 203 g/mol. The van der Waals surface area contributed by atoms with Crippen molar-refractivity contribution in [3.05, 3.63) is 0 Å². The number of unbranched alkanes of at least 4 members (excludes halogenated alkanes) is 3. The molecule has 15 heavy (non-hydrogen) atoms. The fraction of sp³-hybridized carbons (Fsp3) is 1.00. The molecule has 0 saturated carbocycles. The molecule has 0 aliphatic carbocycles. The molecule has 0 aromatic rings. The van der Waals surface area contributed by atoms with Crippen LogP contribution in [-0.2, 0) is 4.57 Å². The highest BCUT2D eigenvalue weighted by Gasteiger charge is 2.30. The van der Waals surface area contributed by atoms with Gasteiger partial charge in [-0.25, -0.2) is 0 Å². The minimum Gasteiger partial charge on any atom is -0.323 e. The third-order valence-electron chi connectivity index (χ3n) is 3.57. The summed E-state index contributed by atoms with van der Waals surface area (Å²) in [5.41, 5.74) is 0.785. The van der Waals surface area contributed by atoms with Crippen LogP contribution < -0.4 is 0 Å². The number of hydrogen-bond acceptors (Lipinski definition) is 1. The second-order valence-electron chi connectivity index (χ2n) is 4.99. The van der Waals surface area contributed by atoms with Crippen LogP contribution in [0.25, 0.3) is 0 Å². The van der Waals surface area contributed by atoms with Gasteiger partial charge < -0.3 is 4.57 Å². The molecule has 2 heteroatoms. The van der Waals surface area contributed by atoms with Crippen LogP contribution in [0.3, 0.4) is 0 Å². The average molecular weight is 232 g/mol. The van der Waals surface area contributed by atoms with Crippen LogP contribution in [-0.4, -0.2) is 17.5 Å². The molecule has 0 aromatic carbocycles. The summed E-state index contributed by atoms with van der Waals surface area (Å²) in [6, 6.07) is 0. The highest BCUT2D eigenvalue weighted by Crippen LogP contribution is 2.56. The largest absolute Gasteiger partial charge is 0.323 e. The minimum absolute atomic E-state index is 0.370. The van der Waals surface area contributed by atoms with E-state index in [1.165, 1.54) is 19.3 Å². The Hall–Kier alpha value is 0.230. The lowest BCUT2D eigenvalue weighted by molar-refractivity contribution is 0.552. The van der Waals surface area contributed by atoms with Crippen LogP contribution in [0.2, 0.25) is 0 Å². The topological polar surface area (TPSA) is 17.1 Å². The first-order valence-corrected chi connectivity index (χ1v) is 8.60. The maximum absolute atomic E-state index is 12.8. The van der Waals surface area contributed by atoms with Crippen molar-refractivity contribution in [1.82, 2.24) is 0 Å². The fourth-order valence-corrected chi connectivity index (χ4v) is 5.39. The zero-order valence-electron chi connectivity index (χ0n) is 11.3. The third-order valence-corrected chi connectivity index (χ3v) is 8.19. The molecule has 1 unspecified atom stereocenters. The van der Waals surface area contributed by atoms with Gasteiger partial charge in [0.05, 0.1) is 7.14 Å². The predicted octanol–water partition coefficient (Wildman–Crippen LogP) is 5.14. The summed E-state index contributed by atoms with van der Waals surface area (Å²) in [5.74, 6) is 0. The zero-order chi connectivity index (χ0) is 11.9. The van der Waals surface area contributed by atoms with Crippen LogP contribution in [0.4, 0.5) is 0 Å². The summed E-state index contributed by atoms with van der Waals surface area (Å²) in [4.78, 5) is 0. The van der Waals surface area contributed by atoms with E-state index in [9.17, 15) is 4.57 Å². The Morgan fingerprint density at radius 3 is 2.00 bits per heavy atom. The molecule has 0 bridgehead atoms. The maximum Gasteiger partial charge on any atom is 0.0927 e. The summed E-state index contributed by atoms with van der Waals surface area (Å²) in [7, 11) is -1.92. The van der Waals surface area contributed by atoms with Crippen molar-refractivity contribution < 1.29 is 4.57 Å². The lowest BCUT2D eigenvalue weighted by Crippen LogP contribution is -2.13. The standard InChI is InChI=1S/C13H29OP/c1-6-8-9-10-11-15(14,12(3)4)13(5)7-2/h12-13H,6-11H2,1-5H3/t13?,15-/m1/s1. The Bertz CT molecular complexity index is 199. The van der Waals surface area contributed by atoms with Gasteiger partial charge in [0, 0.05) is 17.5 Å². The van der Waals surface area contributed by atoms with Crippen LogP contribution in [0.5, 0.6) is 0 Å². The molecule has 92 valence electrons. The smallest absolute Gasteiger partial charge is 0.0927 e. The van der Waals surface area contributed by atoms with Crippen LogP contribution in [0.15, 0.2) is 0 Å². The fourth-order valence-electron chi connectivity index (χ4n) is 2.08. The third kappa shape index (κ3) is 4.72. The minimum atomic E-state index is -1.92. The first-order valence-electron chi connectivity index (χ1n) is 6.57. The van der Waals surface area contributed by atoms with E-state index >= 15 is 0 Å². The molecule has 0 aliphatic rings. The number of hydrogen-bond donors (Lipinski definition) is 0. The second-order valence-corrected chi connectivity index (χ2v) is 9.06. The van der Waals surface area contributed by atoms with Gasteiger partial charge in [0.25, 0.3) is 0 Å².